The lowest BCUT2D eigenvalue weighted by molar-refractivity contribution is -0.122. The number of carbonyl (C=O) groups is 3. The first-order valence-electron chi connectivity index (χ1n) is 6.89. The zero-order chi connectivity index (χ0) is 15.6. The van der Waals surface area contributed by atoms with Crippen molar-refractivity contribution in [1.29, 1.82) is 0 Å². The van der Waals surface area contributed by atoms with Gasteiger partial charge in [0.05, 0.1) is 11.3 Å². The maximum Gasteiger partial charge on any atom is 0.299 e. The smallest absolute Gasteiger partial charge is 0.299 e. The summed E-state index contributed by atoms with van der Waals surface area (Å²) in [6.45, 7) is 3.78. The number of Topliss-reactive ketones (excluding diaryl/α,β-unsaturated/α-hetero) is 1. The van der Waals surface area contributed by atoms with Crippen molar-refractivity contribution < 1.29 is 14.4 Å². The summed E-state index contributed by atoms with van der Waals surface area (Å²) in [5, 5.41) is 3.20. The predicted octanol–water partition coefficient (Wildman–Crippen LogP) is 2.17. The number of halogens is 1. The Kier molecular flexibility index (Phi) is 4.63. The lowest BCUT2D eigenvalue weighted by Crippen LogP contribution is -2.43. The van der Waals surface area contributed by atoms with Gasteiger partial charge in [-0.3, -0.25) is 19.3 Å². The Bertz CT molecular complexity index is 601. The number of rotatable bonds is 5. The Labute approximate surface area is 128 Å². The van der Waals surface area contributed by atoms with Gasteiger partial charge >= 0.3 is 0 Å². The monoisotopic (exact) mass is 308 g/mol. The van der Waals surface area contributed by atoms with Crippen LogP contribution in [0.4, 0.5) is 5.69 Å². The van der Waals surface area contributed by atoms with Crippen LogP contribution in [0.15, 0.2) is 18.2 Å². The quantitative estimate of drug-likeness (QED) is 0.848. The van der Waals surface area contributed by atoms with Gasteiger partial charge in [0.25, 0.3) is 11.7 Å². The molecule has 0 radical (unpaired) electrons. The second kappa shape index (κ2) is 6.26. The number of carbonyl (C=O) groups excluding carboxylic acids is 3. The molecule has 0 aromatic heterocycles. The van der Waals surface area contributed by atoms with E-state index in [1.54, 1.807) is 12.1 Å². The highest BCUT2D eigenvalue weighted by Gasteiger charge is 2.36. The number of benzene rings is 1. The van der Waals surface area contributed by atoms with E-state index in [2.05, 4.69) is 5.32 Å². The molecule has 0 saturated heterocycles. The molecule has 1 heterocycles. The summed E-state index contributed by atoms with van der Waals surface area (Å²) in [5.74, 6) is -1.59. The normalized spacial score (nSPS) is 15.1. The average Bonchev–Trinajstić information content (AvgIpc) is 2.64. The summed E-state index contributed by atoms with van der Waals surface area (Å²) >= 11 is 5.83. The highest BCUT2D eigenvalue weighted by molar-refractivity contribution is 6.53. The van der Waals surface area contributed by atoms with Gasteiger partial charge in [-0.25, -0.2) is 0 Å². The molecule has 0 aliphatic carbocycles. The van der Waals surface area contributed by atoms with Gasteiger partial charge in [0.1, 0.15) is 6.54 Å². The van der Waals surface area contributed by atoms with Gasteiger partial charge in [0.2, 0.25) is 5.91 Å². The Balaban J connectivity index is 2.13. The van der Waals surface area contributed by atoms with Crippen LogP contribution in [0.1, 0.15) is 37.0 Å². The van der Waals surface area contributed by atoms with Gasteiger partial charge in [-0.05, 0) is 31.5 Å². The molecular weight excluding hydrogens is 292 g/mol. The molecule has 5 nitrogen and oxygen atoms in total. The van der Waals surface area contributed by atoms with Crippen LogP contribution in [0.25, 0.3) is 0 Å². The number of anilines is 1. The van der Waals surface area contributed by atoms with Gasteiger partial charge in [0, 0.05) is 11.1 Å². The number of hydrogen-bond donors (Lipinski definition) is 1. The van der Waals surface area contributed by atoms with Gasteiger partial charge < -0.3 is 5.32 Å². The van der Waals surface area contributed by atoms with E-state index in [9.17, 15) is 14.4 Å². The molecule has 21 heavy (non-hydrogen) atoms. The molecule has 2 rings (SSSR count). The SMILES string of the molecule is CCCC(C)NC(=O)CN1C(=O)C(=O)c2cc(Cl)ccc21. The first-order valence-corrected chi connectivity index (χ1v) is 7.27. The third kappa shape index (κ3) is 3.24. The minimum Gasteiger partial charge on any atom is -0.352 e. The van der Waals surface area contributed by atoms with Crippen molar-refractivity contribution in [1.82, 2.24) is 5.32 Å². The van der Waals surface area contributed by atoms with E-state index in [1.807, 2.05) is 13.8 Å². The minimum absolute atomic E-state index is 0.0422. The molecule has 1 unspecified atom stereocenters. The Hall–Kier alpha value is -1.88. The lowest BCUT2D eigenvalue weighted by atomic mass is 10.1. The molecule has 0 spiro atoms. The highest BCUT2D eigenvalue weighted by Crippen LogP contribution is 2.30. The van der Waals surface area contributed by atoms with Crippen LogP contribution >= 0.6 is 11.6 Å². The van der Waals surface area contributed by atoms with Crippen molar-refractivity contribution in [3.63, 3.8) is 0 Å². The average molecular weight is 309 g/mol. The Morgan fingerprint density at radius 3 is 2.76 bits per heavy atom. The van der Waals surface area contributed by atoms with Crippen LogP contribution in [-0.4, -0.2) is 30.2 Å². The molecule has 0 bridgehead atoms. The fourth-order valence-electron chi connectivity index (χ4n) is 2.40. The third-order valence-electron chi connectivity index (χ3n) is 3.36. The van der Waals surface area contributed by atoms with Crippen LogP contribution in [0, 0.1) is 0 Å². The summed E-state index contributed by atoms with van der Waals surface area (Å²) in [4.78, 5) is 37.0. The topological polar surface area (TPSA) is 66.5 Å². The fraction of sp³-hybridized carbons (Fsp3) is 0.400. The third-order valence-corrected chi connectivity index (χ3v) is 3.60. The van der Waals surface area contributed by atoms with Gasteiger partial charge in [-0.2, -0.15) is 0 Å². The maximum atomic E-state index is 12.0. The van der Waals surface area contributed by atoms with E-state index in [1.165, 1.54) is 11.0 Å². The van der Waals surface area contributed by atoms with E-state index in [0.717, 1.165) is 12.8 Å². The molecular formula is C15H17ClN2O3. The molecule has 0 fully saturated rings. The summed E-state index contributed by atoms with van der Waals surface area (Å²) in [6, 6.07) is 4.68. The number of fused-ring (bicyclic) bond motifs is 1. The molecule has 1 aliphatic heterocycles. The highest BCUT2D eigenvalue weighted by atomic mass is 35.5. The van der Waals surface area contributed by atoms with E-state index < -0.39 is 11.7 Å². The molecule has 1 N–H and O–H groups in total. The Morgan fingerprint density at radius 1 is 1.38 bits per heavy atom. The van der Waals surface area contributed by atoms with E-state index in [0.29, 0.717) is 10.7 Å². The first-order chi connectivity index (χ1) is 9.93. The van der Waals surface area contributed by atoms with Crippen LogP contribution < -0.4 is 10.2 Å². The standard InChI is InChI=1S/C15H17ClN2O3/c1-3-4-9(2)17-13(19)8-18-12-6-5-10(16)7-11(12)14(20)15(18)21/h5-7,9H,3-4,8H2,1-2H3,(H,17,19). The molecule has 1 aliphatic rings. The van der Waals surface area contributed by atoms with Crippen LogP contribution in [0.3, 0.4) is 0 Å². The first kappa shape index (κ1) is 15.5. The van der Waals surface area contributed by atoms with E-state index in [-0.39, 0.29) is 24.1 Å². The van der Waals surface area contributed by atoms with Crippen LogP contribution in [0.2, 0.25) is 5.02 Å². The minimum atomic E-state index is -0.689. The molecule has 2 amide bonds. The summed E-state index contributed by atoms with van der Waals surface area (Å²) in [6.07, 6.45) is 1.83. The largest absolute Gasteiger partial charge is 0.352 e. The summed E-state index contributed by atoms with van der Waals surface area (Å²) < 4.78 is 0. The zero-order valence-corrected chi connectivity index (χ0v) is 12.7. The molecule has 1 atom stereocenters. The number of nitrogens with one attached hydrogen (secondary N) is 1. The maximum absolute atomic E-state index is 12.0. The second-order valence-electron chi connectivity index (χ2n) is 5.14. The number of amides is 2. The number of ketones is 1. The fourth-order valence-corrected chi connectivity index (χ4v) is 2.57. The molecule has 6 heteroatoms. The molecule has 1 aromatic carbocycles. The van der Waals surface area contributed by atoms with Gasteiger partial charge in [-0.15, -0.1) is 0 Å². The molecule has 1 aromatic rings. The van der Waals surface area contributed by atoms with Crippen molar-refractivity contribution in [2.75, 3.05) is 11.4 Å². The van der Waals surface area contributed by atoms with Crippen molar-refractivity contribution >= 4 is 34.9 Å². The molecule has 0 saturated carbocycles. The number of nitrogens with zero attached hydrogens (tertiary/aromatic N) is 1. The summed E-state index contributed by atoms with van der Waals surface area (Å²) in [5.41, 5.74) is 0.689. The van der Waals surface area contributed by atoms with Crippen molar-refractivity contribution in [3.8, 4) is 0 Å². The lowest BCUT2D eigenvalue weighted by Gasteiger charge is -2.18. The summed E-state index contributed by atoms with van der Waals surface area (Å²) in [7, 11) is 0. The van der Waals surface area contributed by atoms with Crippen LogP contribution in [0.5, 0.6) is 0 Å². The van der Waals surface area contributed by atoms with E-state index in [4.69, 9.17) is 11.6 Å². The van der Waals surface area contributed by atoms with Crippen LogP contribution in [-0.2, 0) is 9.59 Å². The van der Waals surface area contributed by atoms with E-state index >= 15 is 0 Å². The Morgan fingerprint density at radius 2 is 2.10 bits per heavy atom. The molecule has 112 valence electrons. The second-order valence-corrected chi connectivity index (χ2v) is 5.58. The van der Waals surface area contributed by atoms with Gasteiger partial charge in [-0.1, -0.05) is 24.9 Å². The van der Waals surface area contributed by atoms with Crippen molar-refractivity contribution in [2.45, 2.75) is 32.7 Å². The van der Waals surface area contributed by atoms with Crippen molar-refractivity contribution in [3.05, 3.63) is 28.8 Å². The predicted molar refractivity (Wildman–Crippen MR) is 80.6 cm³/mol. The zero-order valence-electron chi connectivity index (χ0n) is 12.0. The number of hydrogen-bond acceptors (Lipinski definition) is 3. The van der Waals surface area contributed by atoms with Crippen molar-refractivity contribution in [2.24, 2.45) is 0 Å². The van der Waals surface area contributed by atoms with Gasteiger partial charge in [0.15, 0.2) is 0 Å².